The quantitative estimate of drug-likeness (QED) is 0.644. The number of hydrogen-bond donors (Lipinski definition) is 2. The Morgan fingerprint density at radius 3 is 2.64 bits per heavy atom. The van der Waals surface area contributed by atoms with Crippen LogP contribution in [0.4, 0.5) is 5.69 Å². The van der Waals surface area contributed by atoms with Gasteiger partial charge in [0.2, 0.25) is 0 Å². The Hall–Kier alpha value is -1.46. The van der Waals surface area contributed by atoms with Crippen molar-refractivity contribution in [2.75, 3.05) is 26.1 Å². The molecule has 0 saturated heterocycles. The smallest absolute Gasteiger partial charge is 0.193 e. The first-order valence-electron chi connectivity index (χ1n) is 7.55. The summed E-state index contributed by atoms with van der Waals surface area (Å²) in [4.78, 5) is 4.43. The van der Waals surface area contributed by atoms with Crippen molar-refractivity contribution < 1.29 is 9.47 Å². The molecule has 1 saturated carbocycles. The van der Waals surface area contributed by atoms with Gasteiger partial charge in [0, 0.05) is 19.3 Å². The zero-order chi connectivity index (χ0) is 15.9. The number of ether oxygens (including phenoxy) is 2. The molecule has 0 atom stereocenters. The number of nitrogens with zero attached hydrogens (tertiary/aromatic N) is 1. The van der Waals surface area contributed by atoms with Gasteiger partial charge in [-0.25, -0.2) is 0 Å². The van der Waals surface area contributed by atoms with Gasteiger partial charge in [0.1, 0.15) is 5.75 Å². The lowest BCUT2D eigenvalue weighted by molar-refractivity contribution is 0.0581. The van der Waals surface area contributed by atoms with Crippen molar-refractivity contribution in [1.82, 2.24) is 0 Å². The summed E-state index contributed by atoms with van der Waals surface area (Å²) in [6.07, 6.45) is 4.92. The molecule has 1 aliphatic rings. The molecule has 0 heterocycles. The molecule has 1 fully saturated rings. The second kappa shape index (κ2) is 8.25. The molecule has 3 N–H and O–H groups in total. The lowest BCUT2D eigenvalue weighted by Gasteiger charge is -2.26. The zero-order valence-electron chi connectivity index (χ0n) is 13.1. The third-order valence-corrected chi connectivity index (χ3v) is 4.37. The Labute approximate surface area is 136 Å². The Morgan fingerprint density at radius 1 is 1.32 bits per heavy atom. The summed E-state index contributed by atoms with van der Waals surface area (Å²) in [7, 11) is 3.37. The number of halogens is 1. The first-order valence-corrected chi connectivity index (χ1v) is 7.93. The minimum atomic E-state index is 0.412. The number of nitrogens with one attached hydrogen (secondary N) is 1. The third-order valence-electron chi connectivity index (χ3n) is 4.07. The molecule has 22 heavy (non-hydrogen) atoms. The topological polar surface area (TPSA) is 68.9 Å². The second-order valence-corrected chi connectivity index (χ2v) is 5.99. The lowest BCUT2D eigenvalue weighted by Crippen LogP contribution is -2.26. The van der Waals surface area contributed by atoms with Crippen LogP contribution < -0.4 is 15.8 Å². The first-order chi connectivity index (χ1) is 10.6. The molecule has 122 valence electrons. The predicted octanol–water partition coefficient (Wildman–Crippen LogP) is 3.28. The summed E-state index contributed by atoms with van der Waals surface area (Å²) < 4.78 is 10.5. The highest BCUT2D eigenvalue weighted by Crippen LogP contribution is 2.27. The van der Waals surface area contributed by atoms with Crippen LogP contribution in [0, 0.1) is 5.92 Å². The number of rotatable bonds is 5. The number of methoxy groups -OCH3 is 2. The largest absolute Gasteiger partial charge is 0.495 e. The Balaban J connectivity index is 1.84. The van der Waals surface area contributed by atoms with Crippen molar-refractivity contribution in [3.8, 4) is 5.75 Å². The molecule has 6 heteroatoms. The Bertz CT molecular complexity index is 514. The molecule has 1 aliphatic carbocycles. The molecule has 1 aromatic carbocycles. The first kappa shape index (κ1) is 16.9. The minimum absolute atomic E-state index is 0.412. The van der Waals surface area contributed by atoms with E-state index >= 15 is 0 Å². The number of benzene rings is 1. The third kappa shape index (κ3) is 4.78. The molecule has 0 spiro atoms. The van der Waals surface area contributed by atoms with E-state index in [2.05, 4.69) is 10.3 Å². The Kier molecular flexibility index (Phi) is 6.34. The highest BCUT2D eigenvalue weighted by Gasteiger charge is 2.20. The van der Waals surface area contributed by atoms with Crippen molar-refractivity contribution >= 4 is 23.2 Å². The zero-order valence-corrected chi connectivity index (χ0v) is 13.9. The maximum absolute atomic E-state index is 6.08. The van der Waals surface area contributed by atoms with Crippen LogP contribution in [0.5, 0.6) is 5.75 Å². The number of guanidine groups is 1. The van der Waals surface area contributed by atoms with Crippen molar-refractivity contribution in [1.29, 1.82) is 0 Å². The van der Waals surface area contributed by atoms with Crippen molar-refractivity contribution in [2.45, 2.75) is 31.8 Å². The van der Waals surface area contributed by atoms with Gasteiger partial charge in [0.15, 0.2) is 5.96 Å². The van der Waals surface area contributed by atoms with Gasteiger partial charge in [-0.05, 0) is 49.8 Å². The summed E-state index contributed by atoms with van der Waals surface area (Å²) in [6, 6.07) is 5.42. The van der Waals surface area contributed by atoms with E-state index in [1.54, 1.807) is 26.4 Å². The monoisotopic (exact) mass is 325 g/mol. The second-order valence-electron chi connectivity index (χ2n) is 5.58. The van der Waals surface area contributed by atoms with Gasteiger partial charge in [0.05, 0.1) is 18.2 Å². The lowest BCUT2D eigenvalue weighted by atomic mass is 9.87. The summed E-state index contributed by atoms with van der Waals surface area (Å²) in [5.41, 5.74) is 6.74. The van der Waals surface area contributed by atoms with Gasteiger partial charge in [-0.3, -0.25) is 4.99 Å². The van der Waals surface area contributed by atoms with Crippen molar-refractivity contribution in [3.63, 3.8) is 0 Å². The molecule has 0 bridgehead atoms. The van der Waals surface area contributed by atoms with Gasteiger partial charge < -0.3 is 20.5 Å². The summed E-state index contributed by atoms with van der Waals surface area (Å²) in [5, 5.41) is 3.60. The van der Waals surface area contributed by atoms with Gasteiger partial charge in [0.25, 0.3) is 0 Å². The van der Waals surface area contributed by atoms with Gasteiger partial charge in [-0.1, -0.05) is 11.6 Å². The highest BCUT2D eigenvalue weighted by molar-refractivity contribution is 6.32. The molecule has 1 aromatic rings. The number of aliphatic imine (C=N–C) groups is 1. The number of anilines is 1. The van der Waals surface area contributed by atoms with Gasteiger partial charge >= 0.3 is 0 Å². The normalized spacial score (nSPS) is 22.4. The average Bonchev–Trinajstić information content (AvgIpc) is 2.53. The van der Waals surface area contributed by atoms with E-state index in [1.807, 2.05) is 6.07 Å². The van der Waals surface area contributed by atoms with Crippen LogP contribution in [0.15, 0.2) is 23.2 Å². The fourth-order valence-electron chi connectivity index (χ4n) is 2.71. The van der Waals surface area contributed by atoms with Gasteiger partial charge in [-0.2, -0.15) is 0 Å². The SMILES string of the molecule is COc1ccc(NC(N)=NCC2CCC(OC)CC2)cc1Cl. The average molecular weight is 326 g/mol. The molecule has 0 unspecified atom stereocenters. The van der Waals surface area contributed by atoms with Crippen molar-refractivity contribution in [3.05, 3.63) is 23.2 Å². The standard InChI is InChI=1S/C16H24ClN3O2/c1-21-13-6-3-11(4-7-13)10-19-16(18)20-12-5-8-15(22-2)14(17)9-12/h5,8-9,11,13H,3-4,6-7,10H2,1-2H3,(H3,18,19,20). The minimum Gasteiger partial charge on any atom is -0.495 e. The molecule has 5 nitrogen and oxygen atoms in total. The van der Waals surface area contributed by atoms with Crippen LogP contribution >= 0.6 is 11.6 Å². The van der Waals surface area contributed by atoms with E-state index in [0.29, 0.717) is 28.8 Å². The van der Waals surface area contributed by atoms with E-state index in [4.69, 9.17) is 26.8 Å². The summed E-state index contributed by atoms with van der Waals surface area (Å²) in [6.45, 7) is 0.749. The van der Waals surface area contributed by atoms with Crippen LogP contribution in [-0.2, 0) is 4.74 Å². The van der Waals surface area contributed by atoms with E-state index < -0.39 is 0 Å². The fourth-order valence-corrected chi connectivity index (χ4v) is 2.97. The van der Waals surface area contributed by atoms with Gasteiger partial charge in [-0.15, -0.1) is 0 Å². The number of hydrogen-bond acceptors (Lipinski definition) is 3. The molecule has 0 radical (unpaired) electrons. The fraction of sp³-hybridized carbons (Fsp3) is 0.562. The van der Waals surface area contributed by atoms with Crippen LogP contribution in [0.3, 0.4) is 0 Å². The summed E-state index contributed by atoms with van der Waals surface area (Å²) in [5.74, 6) is 1.64. The van der Waals surface area contributed by atoms with Crippen molar-refractivity contribution in [2.24, 2.45) is 16.6 Å². The number of nitrogens with two attached hydrogens (primary N) is 1. The Morgan fingerprint density at radius 2 is 2.05 bits per heavy atom. The maximum atomic E-state index is 6.08. The van der Waals surface area contributed by atoms with Crippen LogP contribution in [0.25, 0.3) is 0 Å². The molecular weight excluding hydrogens is 302 g/mol. The predicted molar refractivity (Wildman–Crippen MR) is 90.9 cm³/mol. The molecular formula is C16H24ClN3O2. The van der Waals surface area contributed by atoms with E-state index in [0.717, 1.165) is 37.9 Å². The van der Waals surface area contributed by atoms with Crippen LogP contribution in [0.2, 0.25) is 5.02 Å². The maximum Gasteiger partial charge on any atom is 0.193 e. The molecule has 0 aromatic heterocycles. The molecule has 0 amide bonds. The molecule has 0 aliphatic heterocycles. The van der Waals surface area contributed by atoms with Crippen LogP contribution in [0.1, 0.15) is 25.7 Å². The highest BCUT2D eigenvalue weighted by atomic mass is 35.5. The molecule has 2 rings (SSSR count). The summed E-state index contributed by atoms with van der Waals surface area (Å²) >= 11 is 6.08. The van der Waals surface area contributed by atoms with E-state index in [1.165, 1.54) is 0 Å². The van der Waals surface area contributed by atoms with E-state index in [-0.39, 0.29) is 0 Å². The van der Waals surface area contributed by atoms with Crippen LogP contribution in [-0.4, -0.2) is 32.8 Å². The van der Waals surface area contributed by atoms with E-state index in [9.17, 15) is 0 Å².